The van der Waals surface area contributed by atoms with Gasteiger partial charge < -0.3 is 14.8 Å². The molecule has 0 spiro atoms. The third-order valence-corrected chi connectivity index (χ3v) is 1.58. The predicted octanol–water partition coefficient (Wildman–Crippen LogP) is 0.0464. The van der Waals surface area contributed by atoms with Crippen molar-refractivity contribution in [2.24, 2.45) is 0 Å². The van der Waals surface area contributed by atoms with E-state index < -0.39 is 24.2 Å². The number of esters is 1. The normalized spacial score (nSPS) is 27.7. The summed E-state index contributed by atoms with van der Waals surface area (Å²) in [7, 11) is 0. The van der Waals surface area contributed by atoms with Gasteiger partial charge in [-0.1, -0.05) is 0 Å². The molecule has 1 aliphatic heterocycles. The molecule has 5 nitrogen and oxygen atoms in total. The fourth-order valence-corrected chi connectivity index (χ4v) is 0.998. The second-order valence-electron chi connectivity index (χ2n) is 2.48. The van der Waals surface area contributed by atoms with Crippen molar-refractivity contribution in [3.63, 3.8) is 0 Å². The number of cyclic esters (lactones) is 1. The lowest BCUT2D eigenvalue weighted by atomic mass is 10.2. The summed E-state index contributed by atoms with van der Waals surface area (Å²) in [6.45, 7) is 3.65. The van der Waals surface area contributed by atoms with Gasteiger partial charge in [0, 0.05) is 0 Å². The van der Waals surface area contributed by atoms with Gasteiger partial charge in [0.15, 0.2) is 6.04 Å². The SMILES string of the molecule is CCOC(=O)C1NC(=O)OC1C. The van der Waals surface area contributed by atoms with Crippen LogP contribution in [0.4, 0.5) is 4.79 Å². The van der Waals surface area contributed by atoms with E-state index in [0.29, 0.717) is 6.61 Å². The molecule has 0 aromatic heterocycles. The highest BCUT2D eigenvalue weighted by atomic mass is 16.6. The molecule has 1 aliphatic rings. The van der Waals surface area contributed by atoms with E-state index in [4.69, 9.17) is 9.47 Å². The predicted molar refractivity (Wildman–Crippen MR) is 39.5 cm³/mol. The Labute approximate surface area is 70.0 Å². The lowest BCUT2D eigenvalue weighted by Crippen LogP contribution is -2.39. The van der Waals surface area contributed by atoms with Gasteiger partial charge in [-0.25, -0.2) is 9.59 Å². The fraction of sp³-hybridized carbons (Fsp3) is 0.714. The van der Waals surface area contributed by atoms with Crippen LogP contribution in [0.2, 0.25) is 0 Å². The first-order chi connectivity index (χ1) is 5.65. The molecule has 5 heteroatoms. The van der Waals surface area contributed by atoms with Crippen LogP contribution in [0, 0.1) is 0 Å². The van der Waals surface area contributed by atoms with Gasteiger partial charge in [0.25, 0.3) is 0 Å². The monoisotopic (exact) mass is 173 g/mol. The zero-order valence-corrected chi connectivity index (χ0v) is 6.99. The van der Waals surface area contributed by atoms with Crippen molar-refractivity contribution in [1.29, 1.82) is 0 Å². The molecule has 0 bridgehead atoms. The van der Waals surface area contributed by atoms with Crippen LogP contribution in [0.1, 0.15) is 13.8 Å². The average Bonchev–Trinajstić information content (AvgIpc) is 2.30. The molecule has 1 heterocycles. The maximum atomic E-state index is 11.1. The number of nitrogens with one attached hydrogen (secondary N) is 1. The van der Waals surface area contributed by atoms with E-state index in [1.807, 2.05) is 0 Å². The van der Waals surface area contributed by atoms with E-state index in [-0.39, 0.29) is 0 Å². The fourth-order valence-electron chi connectivity index (χ4n) is 0.998. The standard InChI is InChI=1S/C7H11NO4/c1-3-11-6(9)5-4(2)12-7(10)8-5/h4-5H,3H2,1-2H3,(H,8,10). The van der Waals surface area contributed by atoms with Crippen molar-refractivity contribution in [1.82, 2.24) is 5.32 Å². The average molecular weight is 173 g/mol. The van der Waals surface area contributed by atoms with E-state index in [2.05, 4.69) is 5.32 Å². The molecule has 1 saturated heterocycles. The van der Waals surface area contributed by atoms with Gasteiger partial charge in [-0.15, -0.1) is 0 Å². The Morgan fingerprint density at radius 3 is 2.83 bits per heavy atom. The van der Waals surface area contributed by atoms with Crippen LogP contribution < -0.4 is 5.32 Å². The van der Waals surface area contributed by atoms with Gasteiger partial charge in [0.2, 0.25) is 0 Å². The summed E-state index contributed by atoms with van der Waals surface area (Å²) in [5.41, 5.74) is 0. The molecule has 0 radical (unpaired) electrons. The number of amides is 1. The van der Waals surface area contributed by atoms with Crippen molar-refractivity contribution in [3.8, 4) is 0 Å². The van der Waals surface area contributed by atoms with E-state index in [0.717, 1.165) is 0 Å². The molecule has 0 aliphatic carbocycles. The van der Waals surface area contributed by atoms with Crippen LogP contribution in [-0.4, -0.2) is 30.8 Å². The molecule has 1 amide bonds. The van der Waals surface area contributed by atoms with Crippen LogP contribution in [0.5, 0.6) is 0 Å². The quantitative estimate of drug-likeness (QED) is 0.599. The number of rotatable bonds is 2. The van der Waals surface area contributed by atoms with Crippen LogP contribution in [0.25, 0.3) is 0 Å². The van der Waals surface area contributed by atoms with Crippen LogP contribution in [-0.2, 0) is 14.3 Å². The topological polar surface area (TPSA) is 64.6 Å². The molecule has 1 N–H and O–H groups in total. The summed E-state index contributed by atoms with van der Waals surface area (Å²) in [5.74, 6) is -0.448. The van der Waals surface area contributed by atoms with Crippen molar-refractivity contribution in [3.05, 3.63) is 0 Å². The minimum atomic E-state index is -0.655. The molecule has 2 unspecified atom stereocenters. The molecular weight excluding hydrogens is 162 g/mol. The Morgan fingerprint density at radius 1 is 1.75 bits per heavy atom. The molecule has 0 aromatic carbocycles. The minimum absolute atomic E-state index is 0.303. The Kier molecular flexibility index (Phi) is 2.52. The third kappa shape index (κ3) is 1.66. The van der Waals surface area contributed by atoms with Crippen LogP contribution >= 0.6 is 0 Å². The van der Waals surface area contributed by atoms with Gasteiger partial charge >= 0.3 is 12.1 Å². The van der Waals surface area contributed by atoms with Crippen molar-refractivity contribution in [2.45, 2.75) is 26.0 Å². The first kappa shape index (κ1) is 8.83. The first-order valence-corrected chi connectivity index (χ1v) is 3.79. The number of hydrogen-bond donors (Lipinski definition) is 1. The summed E-state index contributed by atoms with van der Waals surface area (Å²) >= 11 is 0. The van der Waals surface area contributed by atoms with Gasteiger partial charge in [0.1, 0.15) is 6.10 Å². The summed E-state index contributed by atoms with van der Waals surface area (Å²) in [6.07, 6.45) is -1.02. The Balaban J connectivity index is 2.52. The van der Waals surface area contributed by atoms with Gasteiger partial charge in [-0.2, -0.15) is 0 Å². The van der Waals surface area contributed by atoms with Crippen molar-refractivity contribution in [2.75, 3.05) is 6.61 Å². The smallest absolute Gasteiger partial charge is 0.408 e. The van der Waals surface area contributed by atoms with E-state index >= 15 is 0 Å². The third-order valence-electron chi connectivity index (χ3n) is 1.58. The largest absolute Gasteiger partial charge is 0.464 e. The molecule has 68 valence electrons. The van der Waals surface area contributed by atoms with E-state index in [1.165, 1.54) is 0 Å². The number of hydrogen-bond acceptors (Lipinski definition) is 4. The molecule has 1 fully saturated rings. The summed E-state index contributed by atoms with van der Waals surface area (Å²) in [6, 6.07) is -0.655. The molecule has 1 rings (SSSR count). The summed E-state index contributed by atoms with van der Waals surface area (Å²) < 4.78 is 9.40. The second kappa shape index (κ2) is 3.42. The van der Waals surface area contributed by atoms with E-state index in [9.17, 15) is 9.59 Å². The Hall–Kier alpha value is -1.26. The molecule has 2 atom stereocenters. The number of ether oxygens (including phenoxy) is 2. The summed E-state index contributed by atoms with van der Waals surface area (Å²) in [4.78, 5) is 21.7. The van der Waals surface area contributed by atoms with Gasteiger partial charge in [0.05, 0.1) is 6.61 Å². The summed E-state index contributed by atoms with van der Waals surface area (Å²) in [5, 5.41) is 2.35. The number of carbonyl (C=O) groups is 2. The zero-order chi connectivity index (χ0) is 9.14. The van der Waals surface area contributed by atoms with Gasteiger partial charge in [-0.05, 0) is 13.8 Å². The Morgan fingerprint density at radius 2 is 2.42 bits per heavy atom. The van der Waals surface area contributed by atoms with Crippen LogP contribution in [0.15, 0.2) is 0 Å². The maximum absolute atomic E-state index is 11.1. The van der Waals surface area contributed by atoms with Gasteiger partial charge in [-0.3, -0.25) is 0 Å². The highest BCUT2D eigenvalue weighted by Crippen LogP contribution is 2.08. The maximum Gasteiger partial charge on any atom is 0.408 e. The lowest BCUT2D eigenvalue weighted by Gasteiger charge is -2.10. The highest BCUT2D eigenvalue weighted by Gasteiger charge is 2.36. The first-order valence-electron chi connectivity index (χ1n) is 3.79. The Bertz CT molecular complexity index is 204. The van der Waals surface area contributed by atoms with E-state index in [1.54, 1.807) is 13.8 Å². The van der Waals surface area contributed by atoms with Crippen molar-refractivity contribution >= 4 is 12.1 Å². The van der Waals surface area contributed by atoms with Crippen molar-refractivity contribution < 1.29 is 19.1 Å². The molecule has 0 aromatic rings. The number of alkyl carbamates (subject to hydrolysis) is 1. The zero-order valence-electron chi connectivity index (χ0n) is 6.99. The van der Waals surface area contributed by atoms with Crippen LogP contribution in [0.3, 0.4) is 0 Å². The number of carbonyl (C=O) groups excluding carboxylic acids is 2. The second-order valence-corrected chi connectivity index (χ2v) is 2.48. The minimum Gasteiger partial charge on any atom is -0.464 e. The molecular formula is C7H11NO4. The highest BCUT2D eigenvalue weighted by molar-refractivity contribution is 5.84. The molecule has 0 saturated carbocycles. The molecule has 12 heavy (non-hydrogen) atoms. The lowest BCUT2D eigenvalue weighted by molar-refractivity contribution is -0.146.